The summed E-state index contributed by atoms with van der Waals surface area (Å²) in [6.45, 7) is 2.10. The van der Waals surface area contributed by atoms with Gasteiger partial charge >= 0.3 is 5.97 Å². The third-order valence-corrected chi connectivity index (χ3v) is 3.95. The molecule has 9 nitrogen and oxygen atoms in total. The number of halogens is 1. The maximum Gasteiger partial charge on any atom is 0.306 e. The van der Waals surface area contributed by atoms with E-state index in [1.54, 1.807) is 6.07 Å². The Hall–Kier alpha value is -2.24. The molecule has 2 amide bonds. The standard InChI is InChI=1S/C17H22BrN3O6S/c1-11-3-4-13(12(18)9-11)27-10-15(23)20-21-17(28)19-14(22)5-6-16(24)26-8-7-25-2/h3-4,9H,5-8,10H2,1-2H3,(H,20,23)(H2,19,21,22,28). The van der Waals surface area contributed by atoms with Crippen molar-refractivity contribution in [1.29, 1.82) is 0 Å². The average Bonchev–Trinajstić information content (AvgIpc) is 2.64. The van der Waals surface area contributed by atoms with Gasteiger partial charge in [0.15, 0.2) is 11.7 Å². The Morgan fingerprint density at radius 1 is 1.11 bits per heavy atom. The number of carbonyl (C=O) groups excluding carboxylic acids is 3. The highest BCUT2D eigenvalue weighted by atomic mass is 79.9. The van der Waals surface area contributed by atoms with E-state index in [1.807, 2.05) is 19.1 Å². The van der Waals surface area contributed by atoms with E-state index in [-0.39, 0.29) is 37.8 Å². The number of thiocarbonyl (C=S) groups is 1. The summed E-state index contributed by atoms with van der Waals surface area (Å²) in [5.41, 5.74) is 5.73. The molecule has 28 heavy (non-hydrogen) atoms. The van der Waals surface area contributed by atoms with Crippen molar-refractivity contribution in [2.75, 3.05) is 26.9 Å². The van der Waals surface area contributed by atoms with Gasteiger partial charge in [-0.3, -0.25) is 25.2 Å². The molecule has 0 fully saturated rings. The van der Waals surface area contributed by atoms with Crippen molar-refractivity contribution in [3.63, 3.8) is 0 Å². The van der Waals surface area contributed by atoms with Crippen molar-refractivity contribution in [2.45, 2.75) is 19.8 Å². The molecule has 0 saturated carbocycles. The maximum atomic E-state index is 11.8. The second-order valence-corrected chi connectivity index (χ2v) is 6.75. The van der Waals surface area contributed by atoms with Gasteiger partial charge in [0.25, 0.3) is 5.91 Å². The van der Waals surface area contributed by atoms with Crippen LogP contribution in [0.2, 0.25) is 0 Å². The number of hydrazine groups is 1. The summed E-state index contributed by atoms with van der Waals surface area (Å²) < 4.78 is 15.7. The summed E-state index contributed by atoms with van der Waals surface area (Å²) in [6.07, 6.45) is -0.198. The molecule has 0 aliphatic heterocycles. The number of aryl methyl sites for hydroxylation is 1. The monoisotopic (exact) mass is 475 g/mol. The van der Waals surface area contributed by atoms with Crippen LogP contribution in [0.25, 0.3) is 0 Å². The Morgan fingerprint density at radius 3 is 2.54 bits per heavy atom. The first kappa shape index (κ1) is 23.8. The highest BCUT2D eigenvalue weighted by Gasteiger charge is 2.10. The number of nitrogens with one attached hydrogen (secondary N) is 3. The lowest BCUT2D eigenvalue weighted by Gasteiger charge is -2.12. The number of hydrogen-bond donors (Lipinski definition) is 3. The smallest absolute Gasteiger partial charge is 0.306 e. The number of rotatable bonds is 9. The molecule has 0 radical (unpaired) electrons. The largest absolute Gasteiger partial charge is 0.483 e. The van der Waals surface area contributed by atoms with Crippen LogP contribution < -0.4 is 20.9 Å². The molecule has 0 unspecified atom stereocenters. The predicted octanol–water partition coefficient (Wildman–Crippen LogP) is 1.13. The topological polar surface area (TPSA) is 115 Å². The van der Waals surface area contributed by atoms with Gasteiger partial charge < -0.3 is 19.5 Å². The van der Waals surface area contributed by atoms with Crippen LogP contribution in [0.4, 0.5) is 0 Å². The molecule has 0 atom stereocenters. The van der Waals surface area contributed by atoms with Gasteiger partial charge in [0, 0.05) is 13.5 Å². The Labute approximate surface area is 176 Å². The van der Waals surface area contributed by atoms with Gasteiger partial charge in [0.1, 0.15) is 12.4 Å². The van der Waals surface area contributed by atoms with Crippen LogP contribution >= 0.6 is 28.1 Å². The highest BCUT2D eigenvalue weighted by molar-refractivity contribution is 9.10. The van der Waals surface area contributed by atoms with E-state index in [0.29, 0.717) is 5.75 Å². The molecule has 0 aliphatic carbocycles. The first-order valence-corrected chi connectivity index (χ1v) is 9.44. The van der Waals surface area contributed by atoms with Crippen LogP contribution in [0.5, 0.6) is 5.75 Å². The fraction of sp³-hybridized carbons (Fsp3) is 0.412. The zero-order chi connectivity index (χ0) is 20.9. The molecule has 0 bridgehead atoms. The van der Waals surface area contributed by atoms with Crippen LogP contribution in [-0.4, -0.2) is 49.8 Å². The molecule has 154 valence electrons. The number of hydrogen-bond acceptors (Lipinski definition) is 7. The third kappa shape index (κ3) is 10.2. The summed E-state index contributed by atoms with van der Waals surface area (Å²) in [6, 6.07) is 5.46. The molecule has 1 aromatic carbocycles. The summed E-state index contributed by atoms with van der Waals surface area (Å²) in [5, 5.41) is 2.22. The van der Waals surface area contributed by atoms with Crippen LogP contribution in [-0.2, 0) is 23.9 Å². The predicted molar refractivity (Wildman–Crippen MR) is 108 cm³/mol. The fourth-order valence-corrected chi connectivity index (χ4v) is 2.55. The zero-order valence-corrected chi connectivity index (χ0v) is 17.9. The molecule has 0 aliphatic rings. The van der Waals surface area contributed by atoms with Crippen molar-refractivity contribution in [1.82, 2.24) is 16.2 Å². The number of esters is 1. The van der Waals surface area contributed by atoms with Crippen molar-refractivity contribution in [3.8, 4) is 5.75 Å². The van der Waals surface area contributed by atoms with E-state index < -0.39 is 17.8 Å². The Balaban J connectivity index is 2.21. The van der Waals surface area contributed by atoms with Crippen molar-refractivity contribution < 1.29 is 28.6 Å². The van der Waals surface area contributed by atoms with E-state index in [4.69, 9.17) is 26.4 Å². The first-order valence-electron chi connectivity index (χ1n) is 8.24. The number of methoxy groups -OCH3 is 1. The minimum Gasteiger partial charge on any atom is -0.483 e. The van der Waals surface area contributed by atoms with Crippen molar-refractivity contribution in [2.24, 2.45) is 0 Å². The van der Waals surface area contributed by atoms with Crippen LogP contribution in [0.1, 0.15) is 18.4 Å². The molecule has 11 heteroatoms. The quantitative estimate of drug-likeness (QED) is 0.210. The van der Waals surface area contributed by atoms with Gasteiger partial charge in [0.2, 0.25) is 5.91 Å². The molecule has 0 spiro atoms. The molecular weight excluding hydrogens is 454 g/mol. The van der Waals surface area contributed by atoms with Crippen LogP contribution in [0.3, 0.4) is 0 Å². The average molecular weight is 476 g/mol. The summed E-state index contributed by atoms with van der Waals surface area (Å²) >= 11 is 8.24. The zero-order valence-electron chi connectivity index (χ0n) is 15.5. The molecular formula is C17H22BrN3O6S. The van der Waals surface area contributed by atoms with E-state index in [2.05, 4.69) is 32.1 Å². The molecule has 3 N–H and O–H groups in total. The van der Waals surface area contributed by atoms with Crippen molar-refractivity contribution >= 4 is 51.0 Å². The van der Waals surface area contributed by atoms with Gasteiger partial charge in [-0.25, -0.2) is 0 Å². The second-order valence-electron chi connectivity index (χ2n) is 5.49. The minimum atomic E-state index is -0.515. The van der Waals surface area contributed by atoms with Gasteiger partial charge in [-0.2, -0.15) is 0 Å². The SMILES string of the molecule is COCCOC(=O)CCC(=O)NC(=S)NNC(=O)COc1ccc(C)cc1Br. The van der Waals surface area contributed by atoms with Crippen molar-refractivity contribution in [3.05, 3.63) is 28.2 Å². The third-order valence-electron chi connectivity index (χ3n) is 3.12. The summed E-state index contributed by atoms with van der Waals surface area (Å²) in [4.78, 5) is 34.8. The molecule has 0 heterocycles. The Morgan fingerprint density at radius 2 is 1.86 bits per heavy atom. The Kier molecular flexibility index (Phi) is 11.1. The Bertz CT molecular complexity index is 716. The number of carbonyl (C=O) groups is 3. The van der Waals surface area contributed by atoms with Crippen LogP contribution in [0, 0.1) is 6.92 Å². The normalized spacial score (nSPS) is 9.96. The van der Waals surface area contributed by atoms with Gasteiger partial charge in [-0.05, 0) is 52.8 Å². The maximum absolute atomic E-state index is 11.8. The van der Waals surface area contributed by atoms with Crippen LogP contribution in [0.15, 0.2) is 22.7 Å². The van der Waals surface area contributed by atoms with Gasteiger partial charge in [-0.15, -0.1) is 0 Å². The lowest BCUT2D eigenvalue weighted by atomic mass is 10.2. The minimum absolute atomic E-state index is 0.0935. The van der Waals surface area contributed by atoms with Gasteiger partial charge in [-0.1, -0.05) is 6.07 Å². The molecule has 0 aromatic heterocycles. The number of ether oxygens (including phenoxy) is 3. The van der Waals surface area contributed by atoms with E-state index >= 15 is 0 Å². The fourth-order valence-electron chi connectivity index (χ4n) is 1.78. The second kappa shape index (κ2) is 13.0. The summed E-state index contributed by atoms with van der Waals surface area (Å²) in [5.74, 6) is -0.978. The molecule has 1 aromatic rings. The van der Waals surface area contributed by atoms with E-state index in [9.17, 15) is 14.4 Å². The number of benzene rings is 1. The van der Waals surface area contributed by atoms with E-state index in [0.717, 1.165) is 10.0 Å². The molecule has 1 rings (SSSR count). The lowest BCUT2D eigenvalue weighted by molar-refractivity contribution is -0.146. The van der Waals surface area contributed by atoms with Gasteiger partial charge in [0.05, 0.1) is 17.5 Å². The summed E-state index contributed by atoms with van der Waals surface area (Å²) in [7, 11) is 1.49. The first-order chi connectivity index (χ1) is 13.3. The molecule has 0 saturated heterocycles. The highest BCUT2D eigenvalue weighted by Crippen LogP contribution is 2.25. The number of amides is 2. The van der Waals surface area contributed by atoms with E-state index in [1.165, 1.54) is 7.11 Å². The lowest BCUT2D eigenvalue weighted by Crippen LogP contribution is -2.49.